The maximum absolute atomic E-state index is 14.2. The van der Waals surface area contributed by atoms with Gasteiger partial charge in [0.15, 0.2) is 5.01 Å². The molecule has 3 fully saturated rings. The van der Waals surface area contributed by atoms with Gasteiger partial charge in [0.2, 0.25) is 0 Å². The van der Waals surface area contributed by atoms with Crippen molar-refractivity contribution in [2.75, 3.05) is 31.5 Å². The monoisotopic (exact) mass is 519 g/mol. The van der Waals surface area contributed by atoms with Gasteiger partial charge in [-0.2, -0.15) is 0 Å². The standard InChI is InChI=1S/C25H31F2N5O3S/c1-3-8-28-19-10-17(22(26)27)18(11-29-19)21-20(24(33)32-9-4-5-14(32)2)30-23(36-21)25(34)31-12-15-6-7-16(13-31)35-15/h10-11,14-16,22H,3-9,12-13H2,1-2H3,(H,28,29). The Balaban J connectivity index is 1.54. The summed E-state index contributed by atoms with van der Waals surface area (Å²) in [6, 6.07) is 1.35. The van der Waals surface area contributed by atoms with Crippen molar-refractivity contribution < 1.29 is 23.1 Å². The number of alkyl halides is 2. The zero-order valence-electron chi connectivity index (χ0n) is 20.5. The maximum Gasteiger partial charge on any atom is 0.283 e. The number of morpholine rings is 1. The van der Waals surface area contributed by atoms with Crippen LogP contribution < -0.4 is 5.32 Å². The van der Waals surface area contributed by atoms with Crippen molar-refractivity contribution in [3.63, 3.8) is 0 Å². The Labute approximate surface area is 213 Å². The highest BCUT2D eigenvalue weighted by Crippen LogP contribution is 2.39. The quantitative estimate of drug-likeness (QED) is 0.576. The van der Waals surface area contributed by atoms with Crippen LogP contribution in [0.3, 0.4) is 0 Å². The minimum absolute atomic E-state index is 0.0106. The summed E-state index contributed by atoms with van der Waals surface area (Å²) in [5, 5.41) is 3.17. The van der Waals surface area contributed by atoms with Crippen LogP contribution in [0.15, 0.2) is 12.3 Å². The molecule has 3 unspecified atom stereocenters. The summed E-state index contributed by atoms with van der Waals surface area (Å²) in [5.41, 5.74) is -0.0497. The van der Waals surface area contributed by atoms with Gasteiger partial charge in [-0.25, -0.2) is 18.7 Å². The van der Waals surface area contributed by atoms with Crippen LogP contribution in [-0.2, 0) is 4.74 Å². The predicted molar refractivity (Wildman–Crippen MR) is 133 cm³/mol. The normalized spacial score (nSPS) is 23.5. The van der Waals surface area contributed by atoms with Gasteiger partial charge in [-0.05, 0) is 45.1 Å². The summed E-state index contributed by atoms with van der Waals surface area (Å²) in [6.45, 7) is 6.06. The van der Waals surface area contributed by atoms with E-state index in [1.807, 2.05) is 13.8 Å². The number of carbonyl (C=O) groups excluding carboxylic acids is 2. The average Bonchev–Trinajstić information content (AvgIpc) is 3.59. The number of nitrogens with one attached hydrogen (secondary N) is 1. The highest BCUT2D eigenvalue weighted by atomic mass is 32.1. The van der Waals surface area contributed by atoms with Crippen LogP contribution in [0.25, 0.3) is 10.4 Å². The van der Waals surface area contributed by atoms with Crippen molar-refractivity contribution in [2.24, 2.45) is 0 Å². The fraction of sp³-hybridized carbons (Fsp3) is 0.600. The third-order valence-electron chi connectivity index (χ3n) is 7.13. The fourth-order valence-corrected chi connectivity index (χ4v) is 6.27. The van der Waals surface area contributed by atoms with Crippen molar-refractivity contribution in [3.8, 4) is 10.4 Å². The minimum atomic E-state index is -2.78. The molecule has 36 heavy (non-hydrogen) atoms. The molecule has 1 N–H and O–H groups in total. The maximum atomic E-state index is 14.2. The highest BCUT2D eigenvalue weighted by Gasteiger charge is 2.38. The topological polar surface area (TPSA) is 87.7 Å². The first-order valence-corrected chi connectivity index (χ1v) is 13.5. The van der Waals surface area contributed by atoms with E-state index in [0.717, 1.165) is 43.4 Å². The number of nitrogens with zero attached hydrogens (tertiary/aromatic N) is 4. The third-order valence-corrected chi connectivity index (χ3v) is 8.21. The Bertz CT molecular complexity index is 1130. The fourth-order valence-electron chi connectivity index (χ4n) is 5.22. The first-order chi connectivity index (χ1) is 17.4. The molecule has 3 atom stereocenters. The van der Waals surface area contributed by atoms with E-state index in [1.165, 1.54) is 12.3 Å². The summed E-state index contributed by atoms with van der Waals surface area (Å²) in [5.74, 6) is -0.273. The second-order valence-corrected chi connectivity index (χ2v) is 10.7. The molecule has 0 aromatic carbocycles. The van der Waals surface area contributed by atoms with E-state index in [2.05, 4.69) is 15.3 Å². The van der Waals surface area contributed by atoms with Gasteiger partial charge in [-0.15, -0.1) is 11.3 Å². The second kappa shape index (κ2) is 10.4. The van der Waals surface area contributed by atoms with Crippen molar-refractivity contribution in [3.05, 3.63) is 28.5 Å². The summed E-state index contributed by atoms with van der Waals surface area (Å²) < 4.78 is 34.3. The second-order valence-electron chi connectivity index (χ2n) is 9.74. The third kappa shape index (κ3) is 4.82. The van der Waals surface area contributed by atoms with Crippen molar-refractivity contribution in [1.29, 1.82) is 0 Å². The van der Waals surface area contributed by atoms with E-state index in [9.17, 15) is 18.4 Å². The van der Waals surface area contributed by atoms with E-state index in [-0.39, 0.29) is 56.8 Å². The van der Waals surface area contributed by atoms with E-state index >= 15 is 0 Å². The Kier molecular flexibility index (Phi) is 7.21. The zero-order chi connectivity index (χ0) is 25.4. The molecule has 3 aliphatic rings. The van der Waals surface area contributed by atoms with Gasteiger partial charge in [0.25, 0.3) is 18.2 Å². The number of thiazole rings is 1. The number of aromatic nitrogens is 2. The van der Waals surface area contributed by atoms with E-state index in [1.54, 1.807) is 9.80 Å². The SMILES string of the molecule is CCCNc1cc(C(F)F)c(-c2sc(C(=O)N3CC4CCC(C3)O4)nc2C(=O)N2CCCC2C)cn1. The number of hydrogen-bond acceptors (Lipinski definition) is 7. The van der Waals surface area contributed by atoms with Gasteiger partial charge in [0.1, 0.15) is 11.5 Å². The largest absolute Gasteiger partial charge is 0.371 e. The molecule has 0 saturated carbocycles. The average molecular weight is 520 g/mol. The summed E-state index contributed by atoms with van der Waals surface area (Å²) in [7, 11) is 0. The molecule has 3 aliphatic heterocycles. The van der Waals surface area contributed by atoms with Crippen LogP contribution in [0, 0.1) is 0 Å². The number of rotatable bonds is 7. The zero-order valence-corrected chi connectivity index (χ0v) is 21.3. The molecular formula is C25H31F2N5O3S. The molecule has 2 amide bonds. The lowest BCUT2D eigenvalue weighted by Gasteiger charge is -2.31. The summed E-state index contributed by atoms with van der Waals surface area (Å²) in [4.78, 5) is 39.5. The molecule has 0 aliphatic carbocycles. The van der Waals surface area contributed by atoms with Crippen molar-refractivity contribution >= 4 is 29.0 Å². The van der Waals surface area contributed by atoms with Gasteiger partial charge in [-0.1, -0.05) is 6.92 Å². The molecule has 0 radical (unpaired) electrons. The Morgan fingerprint density at radius 1 is 1.22 bits per heavy atom. The van der Waals surface area contributed by atoms with Gasteiger partial charge >= 0.3 is 0 Å². The molecule has 194 valence electrons. The number of amides is 2. The summed E-state index contributed by atoms with van der Waals surface area (Å²) in [6.07, 6.45) is 2.99. The van der Waals surface area contributed by atoms with Crippen LogP contribution in [0.4, 0.5) is 14.6 Å². The van der Waals surface area contributed by atoms with Crippen LogP contribution in [0.2, 0.25) is 0 Å². The molecule has 0 spiro atoms. The van der Waals surface area contributed by atoms with Crippen molar-refractivity contribution in [1.82, 2.24) is 19.8 Å². The number of fused-ring (bicyclic) bond motifs is 2. The Morgan fingerprint density at radius 2 is 1.97 bits per heavy atom. The molecule has 2 bridgehead atoms. The lowest BCUT2D eigenvalue weighted by Crippen LogP contribution is -2.45. The van der Waals surface area contributed by atoms with Gasteiger partial charge < -0.3 is 19.9 Å². The number of anilines is 1. The smallest absolute Gasteiger partial charge is 0.283 e. The lowest BCUT2D eigenvalue weighted by atomic mass is 10.1. The predicted octanol–water partition coefficient (Wildman–Crippen LogP) is 4.59. The van der Waals surface area contributed by atoms with Crippen LogP contribution in [-0.4, -0.2) is 76.0 Å². The van der Waals surface area contributed by atoms with E-state index < -0.39 is 6.43 Å². The molecule has 11 heteroatoms. The number of halogens is 2. The molecule has 2 aromatic heterocycles. The van der Waals surface area contributed by atoms with E-state index in [4.69, 9.17) is 4.74 Å². The van der Waals surface area contributed by atoms with Crippen LogP contribution in [0.5, 0.6) is 0 Å². The Hall–Kier alpha value is -2.66. The number of carbonyl (C=O) groups is 2. The van der Waals surface area contributed by atoms with Crippen molar-refractivity contribution in [2.45, 2.75) is 70.6 Å². The Morgan fingerprint density at radius 3 is 2.61 bits per heavy atom. The lowest BCUT2D eigenvalue weighted by molar-refractivity contribution is -0.0303. The van der Waals surface area contributed by atoms with Gasteiger partial charge in [0.05, 0.1) is 17.1 Å². The molecule has 5 rings (SSSR count). The number of likely N-dealkylation sites (tertiary alicyclic amines) is 2. The highest BCUT2D eigenvalue weighted by molar-refractivity contribution is 7.17. The number of ether oxygens (including phenoxy) is 1. The molecule has 5 heterocycles. The summed E-state index contributed by atoms with van der Waals surface area (Å²) >= 11 is 0.996. The first kappa shape index (κ1) is 25.0. The molecule has 2 aromatic rings. The molecule has 3 saturated heterocycles. The number of pyridine rings is 1. The number of hydrogen-bond donors (Lipinski definition) is 1. The van der Waals surface area contributed by atoms with Gasteiger partial charge in [-0.3, -0.25) is 9.59 Å². The first-order valence-electron chi connectivity index (χ1n) is 12.6. The van der Waals surface area contributed by atoms with Crippen LogP contribution in [0.1, 0.15) is 78.2 Å². The molecular weight excluding hydrogens is 488 g/mol. The van der Waals surface area contributed by atoms with E-state index in [0.29, 0.717) is 32.0 Å². The molecule has 8 nitrogen and oxygen atoms in total. The minimum Gasteiger partial charge on any atom is -0.371 e. The van der Waals surface area contributed by atoms with Gasteiger partial charge in [0, 0.05) is 49.5 Å². The van der Waals surface area contributed by atoms with Crippen LogP contribution >= 0.6 is 11.3 Å².